The van der Waals surface area contributed by atoms with Crippen LogP contribution in [0.3, 0.4) is 0 Å². The number of anilines is 1. The Balaban J connectivity index is 2.05. The van der Waals surface area contributed by atoms with Crippen molar-refractivity contribution >= 4 is 28.3 Å². The minimum atomic E-state index is -0.526. The van der Waals surface area contributed by atoms with E-state index in [0.29, 0.717) is 5.13 Å². The van der Waals surface area contributed by atoms with Crippen molar-refractivity contribution in [2.45, 2.75) is 59.4 Å². The normalized spacial score (nSPS) is 18.7. The summed E-state index contributed by atoms with van der Waals surface area (Å²) in [6.07, 6.45) is 4.44. The molecule has 2 N–H and O–H groups in total. The van der Waals surface area contributed by atoms with Crippen molar-refractivity contribution in [2.75, 3.05) is 5.32 Å². The van der Waals surface area contributed by atoms with Gasteiger partial charge in [-0.15, -0.1) is 11.3 Å². The molecule has 2 amide bonds. The number of hydrogen-bond donors (Lipinski definition) is 2. The third-order valence-corrected chi connectivity index (χ3v) is 5.19. The molecule has 0 saturated heterocycles. The lowest BCUT2D eigenvalue weighted by Gasteiger charge is -2.20. The maximum absolute atomic E-state index is 12.4. The molecule has 0 spiro atoms. The molecule has 0 aromatic carbocycles. The molecule has 1 aromatic heterocycles. The number of nitrogens with zero attached hydrogens (tertiary/aromatic N) is 1. The van der Waals surface area contributed by atoms with Gasteiger partial charge in [-0.25, -0.2) is 4.98 Å². The van der Waals surface area contributed by atoms with E-state index in [1.54, 1.807) is 11.3 Å². The van der Waals surface area contributed by atoms with Gasteiger partial charge in [-0.3, -0.25) is 9.59 Å². The zero-order chi connectivity index (χ0) is 16.3. The maximum atomic E-state index is 12.4. The third kappa shape index (κ3) is 4.06. The summed E-state index contributed by atoms with van der Waals surface area (Å²) in [5.41, 5.74) is 1.13. The van der Waals surface area contributed by atoms with Crippen molar-refractivity contribution < 1.29 is 9.59 Å². The molecule has 0 saturated carbocycles. The van der Waals surface area contributed by atoms with Crippen LogP contribution in [-0.4, -0.2) is 22.8 Å². The smallest absolute Gasteiger partial charge is 0.248 e. The zero-order valence-corrected chi connectivity index (χ0v) is 14.5. The van der Waals surface area contributed by atoms with Crippen molar-refractivity contribution in [3.63, 3.8) is 0 Å². The Bertz CT molecular complexity index is 554. The summed E-state index contributed by atoms with van der Waals surface area (Å²) >= 11 is 1.58. The van der Waals surface area contributed by atoms with E-state index in [0.717, 1.165) is 24.5 Å². The van der Waals surface area contributed by atoms with Crippen LogP contribution in [0.5, 0.6) is 0 Å². The molecule has 0 unspecified atom stereocenters. The Kier molecular flexibility index (Phi) is 5.56. The minimum absolute atomic E-state index is 0.0305. The zero-order valence-electron chi connectivity index (χ0n) is 13.7. The van der Waals surface area contributed by atoms with Crippen LogP contribution in [0.1, 0.15) is 51.1 Å². The second-order valence-corrected chi connectivity index (χ2v) is 7.40. The summed E-state index contributed by atoms with van der Waals surface area (Å²) in [4.78, 5) is 29.5. The maximum Gasteiger partial charge on any atom is 0.248 e. The molecule has 0 fully saturated rings. The van der Waals surface area contributed by atoms with Crippen LogP contribution in [-0.2, 0) is 22.4 Å². The van der Waals surface area contributed by atoms with Gasteiger partial charge in [-0.2, -0.15) is 0 Å². The summed E-state index contributed by atoms with van der Waals surface area (Å²) in [5, 5.41) is 6.23. The summed E-state index contributed by atoms with van der Waals surface area (Å²) in [5.74, 6) is 0.378. The number of fused-ring (bicyclic) bond motifs is 1. The predicted octanol–water partition coefficient (Wildman–Crippen LogP) is 2.76. The molecular formula is C16H25N3O2S. The highest BCUT2D eigenvalue weighted by Crippen LogP contribution is 2.33. The number of aromatic nitrogens is 1. The summed E-state index contributed by atoms with van der Waals surface area (Å²) in [7, 11) is 0. The number of thiazole rings is 1. The SMILES string of the molecule is CC[C@H]1CCc2nc(NC(=O)[C@@H](NC(C)=O)C(C)C)sc2C1. The molecule has 0 aliphatic heterocycles. The second kappa shape index (κ2) is 7.22. The van der Waals surface area contributed by atoms with Crippen LogP contribution < -0.4 is 10.6 Å². The van der Waals surface area contributed by atoms with Gasteiger partial charge in [-0.05, 0) is 31.1 Å². The van der Waals surface area contributed by atoms with Crippen LogP contribution in [0.25, 0.3) is 0 Å². The molecule has 122 valence electrons. The van der Waals surface area contributed by atoms with Crippen molar-refractivity contribution in [2.24, 2.45) is 11.8 Å². The van der Waals surface area contributed by atoms with Gasteiger partial charge in [0.05, 0.1) is 5.69 Å². The molecular weight excluding hydrogens is 298 g/mol. The first-order chi connectivity index (χ1) is 10.4. The molecule has 2 rings (SSSR count). The van der Waals surface area contributed by atoms with E-state index in [1.165, 1.54) is 24.6 Å². The van der Waals surface area contributed by atoms with Gasteiger partial charge in [0.25, 0.3) is 0 Å². The van der Waals surface area contributed by atoms with Crippen molar-refractivity contribution in [3.05, 3.63) is 10.6 Å². The highest BCUT2D eigenvalue weighted by Gasteiger charge is 2.26. The number of rotatable bonds is 5. The molecule has 0 radical (unpaired) electrons. The third-order valence-electron chi connectivity index (χ3n) is 4.16. The quantitative estimate of drug-likeness (QED) is 0.875. The molecule has 1 heterocycles. The van der Waals surface area contributed by atoms with E-state index in [4.69, 9.17) is 0 Å². The van der Waals surface area contributed by atoms with Gasteiger partial charge in [0.15, 0.2) is 5.13 Å². The average Bonchev–Trinajstić information content (AvgIpc) is 2.84. The summed E-state index contributed by atoms with van der Waals surface area (Å²) < 4.78 is 0. The number of aryl methyl sites for hydroxylation is 1. The van der Waals surface area contributed by atoms with Gasteiger partial charge in [0.2, 0.25) is 11.8 Å². The lowest BCUT2D eigenvalue weighted by atomic mass is 9.89. The minimum Gasteiger partial charge on any atom is -0.344 e. The lowest BCUT2D eigenvalue weighted by Crippen LogP contribution is -2.46. The van der Waals surface area contributed by atoms with E-state index < -0.39 is 6.04 Å². The first-order valence-electron chi connectivity index (χ1n) is 7.97. The molecule has 5 nitrogen and oxygen atoms in total. The highest BCUT2D eigenvalue weighted by molar-refractivity contribution is 7.15. The van der Waals surface area contributed by atoms with Crippen molar-refractivity contribution in [1.29, 1.82) is 0 Å². The summed E-state index contributed by atoms with van der Waals surface area (Å²) in [6.45, 7) is 7.48. The van der Waals surface area contributed by atoms with Crippen LogP contribution in [0.15, 0.2) is 0 Å². The largest absolute Gasteiger partial charge is 0.344 e. The lowest BCUT2D eigenvalue weighted by molar-refractivity contribution is -0.126. The Morgan fingerprint density at radius 1 is 1.41 bits per heavy atom. The van der Waals surface area contributed by atoms with Gasteiger partial charge in [0, 0.05) is 11.8 Å². The van der Waals surface area contributed by atoms with Crippen molar-refractivity contribution in [1.82, 2.24) is 10.3 Å². The van der Waals surface area contributed by atoms with E-state index in [1.807, 2.05) is 13.8 Å². The van der Waals surface area contributed by atoms with E-state index in [2.05, 4.69) is 22.5 Å². The van der Waals surface area contributed by atoms with Crippen LogP contribution in [0, 0.1) is 11.8 Å². The molecule has 1 aromatic rings. The Hall–Kier alpha value is -1.43. The Labute approximate surface area is 135 Å². The summed E-state index contributed by atoms with van der Waals surface area (Å²) in [6, 6.07) is -0.526. The van der Waals surface area contributed by atoms with Crippen LogP contribution >= 0.6 is 11.3 Å². The van der Waals surface area contributed by atoms with Crippen molar-refractivity contribution in [3.8, 4) is 0 Å². The van der Waals surface area contributed by atoms with E-state index in [-0.39, 0.29) is 17.7 Å². The monoisotopic (exact) mass is 323 g/mol. The van der Waals surface area contributed by atoms with Crippen LogP contribution in [0.2, 0.25) is 0 Å². The topological polar surface area (TPSA) is 71.1 Å². The highest BCUT2D eigenvalue weighted by atomic mass is 32.1. The number of carbonyl (C=O) groups is 2. The Morgan fingerprint density at radius 2 is 2.14 bits per heavy atom. The Morgan fingerprint density at radius 3 is 2.73 bits per heavy atom. The van der Waals surface area contributed by atoms with E-state index >= 15 is 0 Å². The predicted molar refractivity (Wildman–Crippen MR) is 89.0 cm³/mol. The fraction of sp³-hybridized carbons (Fsp3) is 0.688. The molecule has 22 heavy (non-hydrogen) atoms. The molecule has 6 heteroatoms. The second-order valence-electron chi connectivity index (χ2n) is 6.32. The molecule has 1 aliphatic carbocycles. The van der Waals surface area contributed by atoms with Crippen LogP contribution in [0.4, 0.5) is 5.13 Å². The van der Waals surface area contributed by atoms with Gasteiger partial charge in [-0.1, -0.05) is 27.2 Å². The molecule has 1 aliphatic rings. The first-order valence-corrected chi connectivity index (χ1v) is 8.78. The fourth-order valence-electron chi connectivity index (χ4n) is 2.78. The van der Waals surface area contributed by atoms with Gasteiger partial charge in [0.1, 0.15) is 6.04 Å². The van der Waals surface area contributed by atoms with Gasteiger partial charge < -0.3 is 10.6 Å². The number of nitrogens with one attached hydrogen (secondary N) is 2. The molecule has 2 atom stereocenters. The number of carbonyl (C=O) groups excluding carboxylic acids is 2. The van der Waals surface area contributed by atoms with Gasteiger partial charge >= 0.3 is 0 Å². The number of hydrogen-bond acceptors (Lipinski definition) is 4. The molecule has 0 bridgehead atoms. The average molecular weight is 323 g/mol. The standard InChI is InChI=1S/C16H25N3O2S/c1-5-11-6-7-12-13(8-11)22-16(18-12)19-15(21)14(9(2)3)17-10(4)20/h9,11,14H,5-8H2,1-4H3,(H,17,20)(H,18,19,21)/t11-,14-/m0/s1. The number of amides is 2. The van der Waals surface area contributed by atoms with E-state index in [9.17, 15) is 9.59 Å². The fourth-order valence-corrected chi connectivity index (χ4v) is 3.91. The first kappa shape index (κ1) is 16.9.